The first-order chi connectivity index (χ1) is 19.5. The van der Waals surface area contributed by atoms with Gasteiger partial charge in [0.15, 0.2) is 0 Å². The molecule has 2 saturated heterocycles. The first kappa shape index (κ1) is 31.3. The lowest BCUT2D eigenvalue weighted by molar-refractivity contribution is -0.175. The van der Waals surface area contributed by atoms with Crippen molar-refractivity contribution >= 4 is 23.6 Å². The third-order valence-electron chi connectivity index (χ3n) is 7.26. The van der Waals surface area contributed by atoms with Gasteiger partial charge < -0.3 is 50.7 Å². The average molecular weight is 593 g/mol. The van der Waals surface area contributed by atoms with E-state index in [9.17, 15) is 40.2 Å². The third-order valence-corrected chi connectivity index (χ3v) is 8.58. The van der Waals surface area contributed by atoms with Crippen molar-refractivity contribution in [2.75, 3.05) is 13.2 Å². The number of aryl methyl sites for hydroxylation is 2. The molecule has 2 fully saturated rings. The molecule has 13 heteroatoms. The van der Waals surface area contributed by atoms with Crippen molar-refractivity contribution < 1.29 is 49.7 Å². The second-order valence-electron chi connectivity index (χ2n) is 10.3. The first-order valence-corrected chi connectivity index (χ1v) is 14.1. The van der Waals surface area contributed by atoms with Gasteiger partial charge in [0, 0.05) is 11.1 Å². The standard InChI is InChI=1S/C28H36N2O10S/c1-13-3-7-15(8-4-13)25(37)29-19-21(33)17(11-31)39-27(23(19)35)41-28-24(36)20(22(34)18(12-32)40-28)30-26(38)16-9-5-14(2)6-10-16/h3-10,17-24,27-28,31-36H,11-12H2,1-2H3,(H,29,37)(H,30,38)/t17-,18-,19-,20-,21+,22+,23-,24-,27+,28+/m1/s1. The summed E-state index contributed by atoms with van der Waals surface area (Å²) in [6, 6.07) is 10.8. The molecule has 2 aliphatic heterocycles. The minimum atomic E-state index is -1.52. The van der Waals surface area contributed by atoms with Gasteiger partial charge in [-0.05, 0) is 38.1 Å². The second-order valence-corrected chi connectivity index (χ2v) is 11.5. The molecular weight excluding hydrogens is 556 g/mol. The van der Waals surface area contributed by atoms with Crippen molar-refractivity contribution in [2.45, 2.75) is 73.4 Å². The van der Waals surface area contributed by atoms with Crippen LogP contribution in [0.2, 0.25) is 0 Å². The Morgan fingerprint density at radius 1 is 0.659 bits per heavy atom. The molecule has 2 amide bonds. The van der Waals surface area contributed by atoms with Crippen molar-refractivity contribution in [1.29, 1.82) is 0 Å². The molecule has 2 aromatic carbocycles. The highest BCUT2D eigenvalue weighted by atomic mass is 32.2. The van der Waals surface area contributed by atoms with Gasteiger partial charge in [-0.3, -0.25) is 9.59 Å². The van der Waals surface area contributed by atoms with Crippen LogP contribution in [-0.4, -0.2) is 115 Å². The van der Waals surface area contributed by atoms with E-state index in [1.165, 1.54) is 0 Å². The maximum atomic E-state index is 12.9. The highest BCUT2D eigenvalue weighted by Gasteiger charge is 2.50. The molecule has 2 aromatic rings. The van der Waals surface area contributed by atoms with E-state index < -0.39 is 84.6 Å². The van der Waals surface area contributed by atoms with Crippen molar-refractivity contribution in [1.82, 2.24) is 10.6 Å². The van der Waals surface area contributed by atoms with Crippen LogP contribution in [0.3, 0.4) is 0 Å². The number of carbonyl (C=O) groups is 2. The van der Waals surface area contributed by atoms with Gasteiger partial charge in [0.2, 0.25) is 0 Å². The van der Waals surface area contributed by atoms with E-state index in [1.807, 2.05) is 13.8 Å². The van der Waals surface area contributed by atoms with Gasteiger partial charge in [0.1, 0.15) is 47.5 Å². The fourth-order valence-electron chi connectivity index (χ4n) is 4.75. The molecule has 0 aliphatic carbocycles. The summed E-state index contributed by atoms with van der Waals surface area (Å²) < 4.78 is 11.4. The van der Waals surface area contributed by atoms with Crippen LogP contribution in [0, 0.1) is 13.8 Å². The Morgan fingerprint density at radius 2 is 1.00 bits per heavy atom. The van der Waals surface area contributed by atoms with Gasteiger partial charge in [-0.2, -0.15) is 0 Å². The normalized spacial score (nSPS) is 33.7. The van der Waals surface area contributed by atoms with E-state index in [2.05, 4.69) is 10.6 Å². The maximum Gasteiger partial charge on any atom is 0.251 e. The zero-order valence-corrected chi connectivity index (χ0v) is 23.3. The van der Waals surface area contributed by atoms with Gasteiger partial charge in [-0.1, -0.05) is 47.2 Å². The lowest BCUT2D eigenvalue weighted by atomic mass is 9.96. The molecule has 2 heterocycles. The Hall–Kier alpha value is -2.59. The quantitative estimate of drug-likeness (QED) is 0.183. The smallest absolute Gasteiger partial charge is 0.251 e. The van der Waals surface area contributed by atoms with Gasteiger partial charge in [0.25, 0.3) is 11.8 Å². The third kappa shape index (κ3) is 7.08. The number of rotatable bonds is 8. The number of benzene rings is 2. The summed E-state index contributed by atoms with van der Waals surface area (Å²) >= 11 is 0.766. The number of hydrogen-bond acceptors (Lipinski definition) is 11. The van der Waals surface area contributed by atoms with Crippen LogP contribution in [-0.2, 0) is 9.47 Å². The molecule has 224 valence electrons. The summed E-state index contributed by atoms with van der Waals surface area (Å²) in [5.41, 5.74) is 0.00178. The molecule has 10 atom stereocenters. The van der Waals surface area contributed by atoms with E-state index >= 15 is 0 Å². The minimum absolute atomic E-state index is 0.296. The molecule has 0 saturated carbocycles. The SMILES string of the molecule is Cc1ccc(C(=O)N[C@@H]2[C@@H](O)[C@@H](CO)O[C@@H](S[C@@H]3O[C@H](CO)[C@H](O)[C@@H](NC(=O)c4ccc(C)cc4)[C@H]3O)[C@@H]2O)cc1. The van der Waals surface area contributed by atoms with Crippen molar-refractivity contribution in [3.05, 3.63) is 70.8 Å². The number of ether oxygens (including phenoxy) is 2. The number of hydrogen-bond donors (Lipinski definition) is 8. The summed E-state index contributed by atoms with van der Waals surface area (Å²) in [5, 5.41) is 68.5. The molecule has 2 aliphatic rings. The van der Waals surface area contributed by atoms with E-state index in [4.69, 9.17) is 9.47 Å². The van der Waals surface area contributed by atoms with Crippen LogP contribution in [0.5, 0.6) is 0 Å². The van der Waals surface area contributed by atoms with Crippen LogP contribution in [0.15, 0.2) is 48.5 Å². The number of aliphatic hydroxyl groups excluding tert-OH is 6. The molecule has 41 heavy (non-hydrogen) atoms. The predicted octanol–water partition coefficient (Wildman–Crippen LogP) is -1.19. The Kier molecular flexibility index (Phi) is 10.4. The van der Waals surface area contributed by atoms with Crippen LogP contribution in [0.25, 0.3) is 0 Å². The highest BCUT2D eigenvalue weighted by molar-refractivity contribution is 8.00. The predicted molar refractivity (Wildman–Crippen MR) is 148 cm³/mol. The molecule has 0 aromatic heterocycles. The van der Waals surface area contributed by atoms with Crippen molar-refractivity contribution in [3.63, 3.8) is 0 Å². The van der Waals surface area contributed by atoms with Crippen molar-refractivity contribution in [3.8, 4) is 0 Å². The van der Waals surface area contributed by atoms with Gasteiger partial charge in [0.05, 0.1) is 25.3 Å². The fourth-order valence-corrected chi connectivity index (χ4v) is 6.09. The summed E-state index contributed by atoms with van der Waals surface area (Å²) in [4.78, 5) is 25.7. The van der Waals surface area contributed by atoms with E-state index in [1.54, 1.807) is 48.5 Å². The molecule has 4 rings (SSSR count). The first-order valence-electron chi connectivity index (χ1n) is 13.2. The van der Waals surface area contributed by atoms with E-state index in [0.717, 1.165) is 22.9 Å². The largest absolute Gasteiger partial charge is 0.394 e. The van der Waals surface area contributed by atoms with Crippen LogP contribution < -0.4 is 10.6 Å². The number of nitrogens with one attached hydrogen (secondary N) is 2. The van der Waals surface area contributed by atoms with Crippen molar-refractivity contribution in [2.24, 2.45) is 0 Å². The minimum Gasteiger partial charge on any atom is -0.394 e. The number of thioether (sulfide) groups is 1. The summed E-state index contributed by atoms with van der Waals surface area (Å²) in [5.74, 6) is -1.13. The topological polar surface area (TPSA) is 198 Å². The number of aliphatic hydroxyl groups is 6. The van der Waals surface area contributed by atoms with Gasteiger partial charge in [-0.15, -0.1) is 0 Å². The summed E-state index contributed by atoms with van der Waals surface area (Å²) in [6.07, 6.45) is -8.38. The summed E-state index contributed by atoms with van der Waals surface area (Å²) in [7, 11) is 0. The molecule has 8 N–H and O–H groups in total. The van der Waals surface area contributed by atoms with E-state index in [0.29, 0.717) is 11.1 Å². The molecule has 0 spiro atoms. The second kappa shape index (κ2) is 13.6. The monoisotopic (exact) mass is 592 g/mol. The Bertz CT molecular complexity index is 1090. The fraction of sp³-hybridized carbons (Fsp3) is 0.500. The van der Waals surface area contributed by atoms with Crippen LogP contribution >= 0.6 is 11.8 Å². The van der Waals surface area contributed by atoms with Crippen LogP contribution in [0.4, 0.5) is 0 Å². The van der Waals surface area contributed by atoms with Gasteiger partial charge >= 0.3 is 0 Å². The number of amides is 2. The summed E-state index contributed by atoms with van der Waals surface area (Å²) in [6.45, 7) is 2.45. The van der Waals surface area contributed by atoms with Crippen LogP contribution in [0.1, 0.15) is 31.8 Å². The average Bonchev–Trinajstić information content (AvgIpc) is 2.96. The molecule has 0 unspecified atom stereocenters. The molecular formula is C28H36N2O10S. The molecule has 0 bridgehead atoms. The van der Waals surface area contributed by atoms with E-state index in [-0.39, 0.29) is 0 Å². The Balaban J connectivity index is 1.50. The number of carbonyl (C=O) groups excluding carboxylic acids is 2. The van der Waals surface area contributed by atoms with Gasteiger partial charge in [-0.25, -0.2) is 0 Å². The maximum absolute atomic E-state index is 12.9. The lowest BCUT2D eigenvalue weighted by Gasteiger charge is -2.46. The Labute approximate surface area is 241 Å². The Morgan fingerprint density at radius 3 is 1.32 bits per heavy atom. The highest BCUT2D eigenvalue weighted by Crippen LogP contribution is 2.36. The zero-order valence-electron chi connectivity index (χ0n) is 22.5. The lowest BCUT2D eigenvalue weighted by Crippen LogP contribution is -2.66. The molecule has 0 radical (unpaired) electrons. The zero-order chi connectivity index (χ0) is 29.8. The molecule has 12 nitrogen and oxygen atoms in total.